The highest BCUT2D eigenvalue weighted by atomic mass is 16.2. The molecule has 0 aliphatic carbocycles. The number of amides is 1. The molecule has 1 aromatic heterocycles. The number of nitrogens with one attached hydrogen (secondary N) is 2. The Morgan fingerprint density at radius 1 is 1.41 bits per heavy atom. The van der Waals surface area contributed by atoms with E-state index in [-0.39, 0.29) is 17.7 Å². The SMILES string of the molecule is CC(=O)C(Cc1c[nH]c2ccccc12)NC(=O)C1CCN1C. The number of H-pyrrole nitrogens is 1. The zero-order chi connectivity index (χ0) is 15.7. The summed E-state index contributed by atoms with van der Waals surface area (Å²) in [4.78, 5) is 29.3. The largest absolute Gasteiger partial charge is 0.361 e. The molecule has 5 nitrogen and oxygen atoms in total. The molecule has 1 amide bonds. The molecule has 5 heteroatoms. The van der Waals surface area contributed by atoms with Gasteiger partial charge in [0, 0.05) is 30.1 Å². The van der Waals surface area contributed by atoms with Gasteiger partial charge < -0.3 is 10.3 Å². The molecule has 0 radical (unpaired) electrons. The Morgan fingerprint density at radius 3 is 2.82 bits per heavy atom. The van der Waals surface area contributed by atoms with Crippen molar-refractivity contribution in [2.45, 2.75) is 31.8 Å². The van der Waals surface area contributed by atoms with Gasteiger partial charge in [0.15, 0.2) is 5.78 Å². The number of hydrogen-bond donors (Lipinski definition) is 2. The first-order valence-corrected chi connectivity index (χ1v) is 7.62. The lowest BCUT2D eigenvalue weighted by atomic mass is 9.99. The summed E-state index contributed by atoms with van der Waals surface area (Å²) < 4.78 is 0. The van der Waals surface area contributed by atoms with Crippen LogP contribution in [-0.4, -0.2) is 47.3 Å². The summed E-state index contributed by atoms with van der Waals surface area (Å²) in [7, 11) is 1.93. The standard InChI is InChI=1S/C17H21N3O2/c1-11(21)15(19-17(22)16-7-8-20(16)2)9-12-10-18-14-6-4-3-5-13(12)14/h3-6,10,15-16,18H,7-9H2,1-2H3,(H,19,22). The van der Waals surface area contributed by atoms with Gasteiger partial charge in [0.25, 0.3) is 0 Å². The highest BCUT2D eigenvalue weighted by Crippen LogP contribution is 2.20. The molecular weight excluding hydrogens is 278 g/mol. The molecule has 116 valence electrons. The Balaban J connectivity index is 1.74. The van der Waals surface area contributed by atoms with Crippen molar-refractivity contribution < 1.29 is 9.59 Å². The van der Waals surface area contributed by atoms with E-state index < -0.39 is 6.04 Å². The molecular formula is C17H21N3O2. The normalized spacial score (nSPS) is 19.6. The van der Waals surface area contributed by atoms with Gasteiger partial charge in [-0.3, -0.25) is 14.5 Å². The maximum atomic E-state index is 12.2. The Kier molecular flexibility index (Phi) is 3.98. The summed E-state index contributed by atoms with van der Waals surface area (Å²) in [5.41, 5.74) is 2.10. The number of para-hydroxylation sites is 1. The Morgan fingerprint density at radius 2 is 2.18 bits per heavy atom. The van der Waals surface area contributed by atoms with E-state index in [1.165, 1.54) is 6.92 Å². The summed E-state index contributed by atoms with van der Waals surface area (Å²) >= 11 is 0. The molecule has 22 heavy (non-hydrogen) atoms. The van der Waals surface area contributed by atoms with Gasteiger partial charge in [-0.15, -0.1) is 0 Å². The van der Waals surface area contributed by atoms with Gasteiger partial charge in [-0.1, -0.05) is 18.2 Å². The minimum atomic E-state index is -0.472. The lowest BCUT2D eigenvalue weighted by Gasteiger charge is -2.37. The fourth-order valence-electron chi connectivity index (χ4n) is 2.93. The number of carbonyl (C=O) groups excluding carboxylic acids is 2. The molecule has 3 rings (SSSR count). The molecule has 2 heterocycles. The number of benzene rings is 1. The lowest BCUT2D eigenvalue weighted by molar-refractivity contribution is -0.133. The second-order valence-corrected chi connectivity index (χ2v) is 6.02. The third kappa shape index (κ3) is 2.76. The van der Waals surface area contributed by atoms with Crippen molar-refractivity contribution in [2.75, 3.05) is 13.6 Å². The van der Waals surface area contributed by atoms with Crippen molar-refractivity contribution in [1.82, 2.24) is 15.2 Å². The number of ketones is 1. The molecule has 0 bridgehead atoms. The maximum absolute atomic E-state index is 12.2. The monoisotopic (exact) mass is 299 g/mol. The average Bonchev–Trinajstić information content (AvgIpc) is 2.88. The van der Waals surface area contributed by atoms with Crippen LogP contribution in [0.2, 0.25) is 0 Å². The average molecular weight is 299 g/mol. The van der Waals surface area contributed by atoms with Crippen LogP contribution in [0.15, 0.2) is 30.5 Å². The first-order chi connectivity index (χ1) is 10.6. The van der Waals surface area contributed by atoms with Gasteiger partial charge in [0.05, 0.1) is 12.1 Å². The van der Waals surface area contributed by atoms with Crippen molar-refractivity contribution in [3.8, 4) is 0 Å². The Labute approximate surface area is 129 Å². The van der Waals surface area contributed by atoms with Gasteiger partial charge in [-0.25, -0.2) is 0 Å². The van der Waals surface area contributed by atoms with E-state index in [1.807, 2.05) is 42.4 Å². The first-order valence-electron chi connectivity index (χ1n) is 7.62. The fraction of sp³-hybridized carbons (Fsp3) is 0.412. The number of aromatic amines is 1. The summed E-state index contributed by atoms with van der Waals surface area (Å²) in [6.45, 7) is 2.47. The van der Waals surface area contributed by atoms with E-state index in [2.05, 4.69) is 10.3 Å². The third-order valence-electron chi connectivity index (χ3n) is 4.50. The molecule has 2 N–H and O–H groups in total. The van der Waals surface area contributed by atoms with Crippen LogP contribution in [-0.2, 0) is 16.0 Å². The minimum absolute atomic E-state index is 0.0133. The van der Waals surface area contributed by atoms with Gasteiger partial charge in [0.2, 0.25) is 5.91 Å². The second-order valence-electron chi connectivity index (χ2n) is 6.02. The maximum Gasteiger partial charge on any atom is 0.237 e. The molecule has 1 aliphatic heterocycles. The van der Waals surface area contributed by atoms with Crippen LogP contribution in [0.5, 0.6) is 0 Å². The third-order valence-corrected chi connectivity index (χ3v) is 4.50. The van der Waals surface area contributed by atoms with Gasteiger partial charge in [-0.2, -0.15) is 0 Å². The van der Waals surface area contributed by atoms with Crippen molar-refractivity contribution in [3.63, 3.8) is 0 Å². The predicted molar refractivity (Wildman–Crippen MR) is 85.6 cm³/mol. The fourth-order valence-corrected chi connectivity index (χ4v) is 2.93. The predicted octanol–water partition coefficient (Wildman–Crippen LogP) is 1.49. The summed E-state index contributed by atoms with van der Waals surface area (Å²) in [6, 6.07) is 7.41. The van der Waals surface area contributed by atoms with Crippen LogP contribution in [0, 0.1) is 0 Å². The second kappa shape index (κ2) is 5.93. The van der Waals surface area contributed by atoms with Crippen LogP contribution in [0.1, 0.15) is 18.9 Å². The molecule has 0 spiro atoms. The van der Waals surface area contributed by atoms with Crippen molar-refractivity contribution in [3.05, 3.63) is 36.0 Å². The topological polar surface area (TPSA) is 65.2 Å². The van der Waals surface area contributed by atoms with Crippen molar-refractivity contribution in [1.29, 1.82) is 0 Å². The minimum Gasteiger partial charge on any atom is -0.361 e. The first kappa shape index (κ1) is 14.8. The van der Waals surface area contributed by atoms with E-state index in [4.69, 9.17) is 0 Å². The Hall–Kier alpha value is -2.14. The van der Waals surface area contributed by atoms with Gasteiger partial charge in [-0.05, 0) is 32.0 Å². The molecule has 1 fully saturated rings. The van der Waals surface area contributed by atoms with Gasteiger partial charge in [0.1, 0.15) is 0 Å². The number of fused-ring (bicyclic) bond motifs is 1. The van der Waals surface area contributed by atoms with E-state index in [1.54, 1.807) is 0 Å². The molecule has 2 atom stereocenters. The van der Waals surface area contributed by atoms with Crippen molar-refractivity contribution in [2.24, 2.45) is 0 Å². The van der Waals surface area contributed by atoms with E-state index in [0.29, 0.717) is 6.42 Å². The zero-order valence-electron chi connectivity index (χ0n) is 12.9. The highest BCUT2D eigenvalue weighted by molar-refractivity contribution is 5.91. The molecule has 0 saturated carbocycles. The smallest absolute Gasteiger partial charge is 0.237 e. The number of likely N-dealkylation sites (tertiary alicyclic amines) is 1. The number of rotatable bonds is 5. The van der Waals surface area contributed by atoms with Crippen LogP contribution < -0.4 is 5.32 Å². The van der Waals surface area contributed by atoms with Crippen molar-refractivity contribution >= 4 is 22.6 Å². The zero-order valence-corrected chi connectivity index (χ0v) is 12.9. The molecule has 2 aromatic rings. The van der Waals surface area contributed by atoms with Gasteiger partial charge >= 0.3 is 0 Å². The van der Waals surface area contributed by atoms with E-state index in [0.717, 1.165) is 29.4 Å². The number of Topliss-reactive ketones (excluding diaryl/α,β-unsaturated/α-hetero) is 1. The van der Waals surface area contributed by atoms with E-state index >= 15 is 0 Å². The lowest BCUT2D eigenvalue weighted by Crippen LogP contribution is -2.57. The number of aromatic nitrogens is 1. The molecule has 1 aromatic carbocycles. The van der Waals surface area contributed by atoms with Crippen LogP contribution in [0.25, 0.3) is 10.9 Å². The Bertz CT molecular complexity index is 707. The summed E-state index contributed by atoms with van der Waals surface area (Å²) in [5, 5.41) is 4.01. The summed E-state index contributed by atoms with van der Waals surface area (Å²) in [5.74, 6) is -0.0607. The molecule has 1 aliphatic rings. The number of nitrogens with zero attached hydrogens (tertiary/aromatic N) is 1. The number of hydrogen-bond acceptors (Lipinski definition) is 3. The number of carbonyl (C=O) groups is 2. The highest BCUT2D eigenvalue weighted by Gasteiger charge is 2.32. The summed E-state index contributed by atoms with van der Waals surface area (Å²) in [6.07, 6.45) is 3.30. The molecule has 2 unspecified atom stereocenters. The molecule has 1 saturated heterocycles. The quantitative estimate of drug-likeness (QED) is 0.879. The number of likely N-dealkylation sites (N-methyl/N-ethyl adjacent to an activating group) is 1. The van der Waals surface area contributed by atoms with Crippen LogP contribution >= 0.6 is 0 Å². The van der Waals surface area contributed by atoms with Crippen LogP contribution in [0.3, 0.4) is 0 Å². The van der Waals surface area contributed by atoms with E-state index in [9.17, 15) is 9.59 Å². The van der Waals surface area contributed by atoms with Crippen LogP contribution in [0.4, 0.5) is 0 Å².